The van der Waals surface area contributed by atoms with Crippen molar-refractivity contribution in [2.24, 2.45) is 5.73 Å². The van der Waals surface area contributed by atoms with Crippen LogP contribution < -0.4 is 15.8 Å². The van der Waals surface area contributed by atoms with Gasteiger partial charge in [-0.3, -0.25) is 4.79 Å². The molecule has 4 heteroatoms. The van der Waals surface area contributed by atoms with Gasteiger partial charge < -0.3 is 15.8 Å². The number of carbonyl (C=O) groups is 1. The van der Waals surface area contributed by atoms with Gasteiger partial charge in [0, 0.05) is 12.1 Å². The molecule has 0 bridgehead atoms. The summed E-state index contributed by atoms with van der Waals surface area (Å²) in [4.78, 5) is 11.9. The third kappa shape index (κ3) is 2.96. The fraction of sp³-hybridized carbons (Fsp3) is 0.562. The molecule has 1 aromatic carbocycles. The topological polar surface area (TPSA) is 64.4 Å². The van der Waals surface area contributed by atoms with Crippen molar-refractivity contribution in [2.45, 2.75) is 56.7 Å². The first kappa shape index (κ1) is 13.4. The summed E-state index contributed by atoms with van der Waals surface area (Å²) in [5.74, 6) is 0.842. The number of carbonyl (C=O) groups excluding carboxylic acids is 1. The van der Waals surface area contributed by atoms with E-state index < -0.39 is 5.54 Å². The Kier molecular flexibility index (Phi) is 3.66. The van der Waals surface area contributed by atoms with Crippen LogP contribution in [0.4, 0.5) is 0 Å². The minimum atomic E-state index is -0.610. The van der Waals surface area contributed by atoms with Crippen LogP contribution in [0.2, 0.25) is 0 Å². The van der Waals surface area contributed by atoms with Gasteiger partial charge in [0.05, 0.1) is 11.6 Å². The minimum Gasteiger partial charge on any atom is -0.490 e. The first-order valence-electron chi connectivity index (χ1n) is 7.49. The molecule has 0 aliphatic heterocycles. The van der Waals surface area contributed by atoms with Gasteiger partial charge in [-0.05, 0) is 44.6 Å². The van der Waals surface area contributed by atoms with E-state index in [1.165, 1.54) is 12.8 Å². The molecule has 3 N–H and O–H groups in total. The van der Waals surface area contributed by atoms with Gasteiger partial charge >= 0.3 is 0 Å². The molecule has 4 nitrogen and oxygen atoms in total. The Balaban J connectivity index is 1.61. The molecule has 0 saturated heterocycles. The summed E-state index contributed by atoms with van der Waals surface area (Å²) in [5.41, 5.74) is 6.30. The minimum absolute atomic E-state index is 0.0480. The smallest absolute Gasteiger partial charge is 0.240 e. The fourth-order valence-corrected chi connectivity index (χ4v) is 2.66. The highest BCUT2D eigenvalue weighted by Crippen LogP contribution is 2.32. The SMILES string of the molecule is NC1(C(=O)NCc2ccccc2OC2CCCC2)CC1. The lowest BCUT2D eigenvalue weighted by molar-refractivity contribution is -0.123. The molecule has 2 aliphatic rings. The summed E-state index contributed by atoms with van der Waals surface area (Å²) in [6, 6.07) is 7.93. The molecule has 108 valence electrons. The van der Waals surface area contributed by atoms with E-state index in [4.69, 9.17) is 10.5 Å². The molecule has 1 aromatic rings. The van der Waals surface area contributed by atoms with Crippen molar-refractivity contribution in [3.05, 3.63) is 29.8 Å². The summed E-state index contributed by atoms with van der Waals surface area (Å²) < 4.78 is 6.06. The zero-order valence-electron chi connectivity index (χ0n) is 11.7. The van der Waals surface area contributed by atoms with Gasteiger partial charge in [-0.2, -0.15) is 0 Å². The summed E-state index contributed by atoms with van der Waals surface area (Å²) in [6.07, 6.45) is 6.67. The normalized spacial score (nSPS) is 20.6. The number of amides is 1. The summed E-state index contributed by atoms with van der Waals surface area (Å²) in [6.45, 7) is 0.487. The molecule has 0 atom stereocenters. The number of nitrogens with two attached hydrogens (primary N) is 1. The van der Waals surface area contributed by atoms with Crippen molar-refractivity contribution >= 4 is 5.91 Å². The van der Waals surface area contributed by atoms with Crippen LogP contribution >= 0.6 is 0 Å². The van der Waals surface area contributed by atoms with Crippen LogP contribution in [0.25, 0.3) is 0 Å². The van der Waals surface area contributed by atoms with Crippen LogP contribution in [0.15, 0.2) is 24.3 Å². The maximum absolute atomic E-state index is 11.9. The largest absolute Gasteiger partial charge is 0.490 e. The molecule has 3 rings (SSSR count). The Bertz CT molecular complexity index is 491. The summed E-state index contributed by atoms with van der Waals surface area (Å²) in [5, 5.41) is 2.92. The van der Waals surface area contributed by atoms with Crippen molar-refractivity contribution in [2.75, 3.05) is 0 Å². The maximum atomic E-state index is 11.9. The predicted molar refractivity (Wildman–Crippen MR) is 77.3 cm³/mol. The highest BCUT2D eigenvalue weighted by Gasteiger charge is 2.45. The van der Waals surface area contributed by atoms with E-state index in [2.05, 4.69) is 5.32 Å². The van der Waals surface area contributed by atoms with E-state index in [1.807, 2.05) is 24.3 Å². The zero-order valence-corrected chi connectivity index (χ0v) is 11.7. The first-order chi connectivity index (χ1) is 9.67. The fourth-order valence-electron chi connectivity index (χ4n) is 2.66. The average Bonchev–Trinajstić information content (AvgIpc) is 3.00. The second-order valence-electron chi connectivity index (χ2n) is 5.97. The van der Waals surface area contributed by atoms with Gasteiger partial charge in [0.2, 0.25) is 5.91 Å². The lowest BCUT2D eigenvalue weighted by Gasteiger charge is -2.17. The molecular formula is C16H22N2O2. The van der Waals surface area contributed by atoms with Gasteiger partial charge in [0.1, 0.15) is 5.75 Å². The maximum Gasteiger partial charge on any atom is 0.240 e. The van der Waals surface area contributed by atoms with E-state index in [0.717, 1.165) is 37.0 Å². The van der Waals surface area contributed by atoms with Crippen molar-refractivity contribution in [1.82, 2.24) is 5.32 Å². The Morgan fingerprint density at radius 1 is 1.30 bits per heavy atom. The predicted octanol–water partition coefficient (Wildman–Crippen LogP) is 2.12. The van der Waals surface area contributed by atoms with E-state index in [1.54, 1.807) is 0 Å². The number of benzene rings is 1. The molecule has 0 aromatic heterocycles. The van der Waals surface area contributed by atoms with Gasteiger partial charge in [-0.15, -0.1) is 0 Å². The Labute approximate surface area is 119 Å². The molecule has 0 unspecified atom stereocenters. The standard InChI is InChI=1S/C16H22N2O2/c17-16(9-10-16)15(19)18-11-12-5-1-4-8-14(12)20-13-6-2-3-7-13/h1,4-5,8,13H,2-3,6-7,9-11,17H2,(H,18,19). The number of para-hydroxylation sites is 1. The number of nitrogens with one attached hydrogen (secondary N) is 1. The number of hydrogen-bond acceptors (Lipinski definition) is 3. The van der Waals surface area contributed by atoms with Gasteiger partial charge in [0.25, 0.3) is 0 Å². The van der Waals surface area contributed by atoms with E-state index >= 15 is 0 Å². The Morgan fingerprint density at radius 3 is 2.70 bits per heavy atom. The second-order valence-corrected chi connectivity index (χ2v) is 5.97. The molecule has 0 radical (unpaired) electrons. The van der Waals surface area contributed by atoms with Gasteiger partial charge in [-0.25, -0.2) is 0 Å². The van der Waals surface area contributed by atoms with Crippen molar-refractivity contribution in [3.63, 3.8) is 0 Å². The number of ether oxygens (including phenoxy) is 1. The van der Waals surface area contributed by atoms with Crippen LogP contribution in [0.3, 0.4) is 0 Å². The number of rotatable bonds is 5. The van der Waals surface area contributed by atoms with E-state index in [-0.39, 0.29) is 5.91 Å². The van der Waals surface area contributed by atoms with Gasteiger partial charge in [0.15, 0.2) is 0 Å². The highest BCUT2D eigenvalue weighted by molar-refractivity contribution is 5.88. The molecule has 2 fully saturated rings. The monoisotopic (exact) mass is 274 g/mol. The first-order valence-corrected chi connectivity index (χ1v) is 7.49. The Morgan fingerprint density at radius 2 is 2.00 bits per heavy atom. The average molecular weight is 274 g/mol. The molecule has 0 heterocycles. The van der Waals surface area contributed by atoms with Crippen molar-refractivity contribution in [3.8, 4) is 5.75 Å². The second kappa shape index (κ2) is 5.44. The van der Waals surface area contributed by atoms with Crippen molar-refractivity contribution < 1.29 is 9.53 Å². The zero-order chi connectivity index (χ0) is 14.0. The summed E-state index contributed by atoms with van der Waals surface area (Å²) in [7, 11) is 0. The molecule has 2 aliphatic carbocycles. The van der Waals surface area contributed by atoms with Crippen LogP contribution in [0.1, 0.15) is 44.1 Å². The lowest BCUT2D eigenvalue weighted by Crippen LogP contribution is -2.42. The third-order valence-electron chi connectivity index (χ3n) is 4.25. The van der Waals surface area contributed by atoms with Crippen LogP contribution in [-0.4, -0.2) is 17.6 Å². The molecule has 20 heavy (non-hydrogen) atoms. The highest BCUT2D eigenvalue weighted by atomic mass is 16.5. The van der Waals surface area contributed by atoms with Crippen LogP contribution in [0.5, 0.6) is 5.75 Å². The van der Waals surface area contributed by atoms with Crippen LogP contribution in [0, 0.1) is 0 Å². The van der Waals surface area contributed by atoms with Crippen LogP contribution in [-0.2, 0) is 11.3 Å². The Hall–Kier alpha value is -1.55. The summed E-state index contributed by atoms with van der Waals surface area (Å²) >= 11 is 0. The lowest BCUT2D eigenvalue weighted by atomic mass is 10.2. The quantitative estimate of drug-likeness (QED) is 0.864. The molecular weight excluding hydrogens is 252 g/mol. The molecule has 2 saturated carbocycles. The molecule has 1 amide bonds. The van der Waals surface area contributed by atoms with E-state index in [9.17, 15) is 4.79 Å². The van der Waals surface area contributed by atoms with Crippen molar-refractivity contribution in [1.29, 1.82) is 0 Å². The number of hydrogen-bond donors (Lipinski definition) is 2. The van der Waals surface area contributed by atoms with Gasteiger partial charge in [-0.1, -0.05) is 18.2 Å². The molecule has 0 spiro atoms. The van der Waals surface area contributed by atoms with E-state index in [0.29, 0.717) is 12.6 Å². The third-order valence-corrected chi connectivity index (χ3v) is 4.25.